The summed E-state index contributed by atoms with van der Waals surface area (Å²) in [4.78, 5) is 9.44. The minimum absolute atomic E-state index is 0.169. The van der Waals surface area contributed by atoms with Crippen molar-refractivity contribution in [2.45, 2.75) is 12.5 Å². The van der Waals surface area contributed by atoms with Gasteiger partial charge in [0.05, 0.1) is 18.9 Å². The summed E-state index contributed by atoms with van der Waals surface area (Å²) in [5, 5.41) is 5.42. The van der Waals surface area contributed by atoms with Crippen molar-refractivity contribution in [1.29, 1.82) is 0 Å². The molecule has 3 aromatic carbocycles. The van der Waals surface area contributed by atoms with E-state index in [2.05, 4.69) is 4.98 Å². The molecule has 5 nitrogen and oxygen atoms in total. The zero-order valence-electron chi connectivity index (χ0n) is 16.7. The lowest BCUT2D eigenvalue weighted by Crippen LogP contribution is -2.21. The maximum atomic E-state index is 13.5. The Hall–Kier alpha value is -3.51. The van der Waals surface area contributed by atoms with Crippen molar-refractivity contribution in [3.05, 3.63) is 94.8 Å². The third-order valence-corrected chi connectivity index (χ3v) is 5.56. The fraction of sp³-hybridized carbons (Fsp3) is 0.125. The predicted octanol–water partition coefficient (Wildman–Crippen LogP) is 5.86. The third-order valence-electron chi connectivity index (χ3n) is 5.31. The number of hydrogen-bond donors (Lipinski definition) is 0. The molecule has 1 atom stereocenters. The van der Waals surface area contributed by atoms with E-state index in [0.717, 1.165) is 28.2 Å². The molecule has 0 spiro atoms. The molecule has 1 unspecified atom stereocenters. The molecule has 31 heavy (non-hydrogen) atoms. The van der Waals surface area contributed by atoms with E-state index < -0.39 is 0 Å². The van der Waals surface area contributed by atoms with Crippen LogP contribution in [0.3, 0.4) is 0 Å². The van der Waals surface area contributed by atoms with E-state index in [1.807, 2.05) is 53.2 Å². The van der Waals surface area contributed by atoms with E-state index in [1.165, 1.54) is 12.1 Å². The van der Waals surface area contributed by atoms with E-state index in [-0.39, 0.29) is 11.9 Å². The summed E-state index contributed by atoms with van der Waals surface area (Å²) < 4.78 is 20.9. The van der Waals surface area contributed by atoms with Gasteiger partial charge in [-0.1, -0.05) is 41.9 Å². The summed E-state index contributed by atoms with van der Waals surface area (Å²) in [6, 6.07) is 21.4. The SMILES string of the molecule is COc1ccccc1C1CC(c2ccc(F)cc2)=Nc2nc(-c3ccc(Cl)cc3)nn21. The summed E-state index contributed by atoms with van der Waals surface area (Å²) in [6.07, 6.45) is 0.572. The van der Waals surface area contributed by atoms with Gasteiger partial charge >= 0.3 is 0 Å². The number of fused-ring (bicyclic) bond motifs is 1. The molecule has 0 N–H and O–H groups in total. The Kier molecular flexibility index (Phi) is 5.00. The molecule has 1 aliphatic rings. The van der Waals surface area contributed by atoms with Gasteiger partial charge in [0.15, 0.2) is 5.82 Å². The average Bonchev–Trinajstić information content (AvgIpc) is 3.23. The lowest BCUT2D eigenvalue weighted by atomic mass is 9.95. The number of methoxy groups -OCH3 is 1. The van der Waals surface area contributed by atoms with Crippen LogP contribution in [-0.2, 0) is 0 Å². The van der Waals surface area contributed by atoms with Crippen LogP contribution < -0.4 is 4.74 Å². The fourth-order valence-corrected chi connectivity index (χ4v) is 3.89. The highest BCUT2D eigenvalue weighted by Gasteiger charge is 2.29. The van der Waals surface area contributed by atoms with Crippen LogP contribution >= 0.6 is 11.6 Å². The molecule has 2 heterocycles. The minimum Gasteiger partial charge on any atom is -0.496 e. The Morgan fingerprint density at radius 3 is 2.42 bits per heavy atom. The van der Waals surface area contributed by atoms with Crippen molar-refractivity contribution in [3.8, 4) is 17.1 Å². The summed E-state index contributed by atoms with van der Waals surface area (Å²) in [7, 11) is 1.65. The van der Waals surface area contributed by atoms with Gasteiger partial charge in [-0.2, -0.15) is 4.98 Å². The van der Waals surface area contributed by atoms with Crippen LogP contribution in [0.25, 0.3) is 11.4 Å². The highest BCUT2D eigenvalue weighted by Crippen LogP contribution is 2.38. The molecule has 154 valence electrons. The Morgan fingerprint density at radius 2 is 1.68 bits per heavy atom. The van der Waals surface area contributed by atoms with Gasteiger partial charge in [-0.05, 0) is 48.0 Å². The van der Waals surface area contributed by atoms with Crippen LogP contribution in [0.4, 0.5) is 10.3 Å². The van der Waals surface area contributed by atoms with Crippen molar-refractivity contribution in [1.82, 2.24) is 14.8 Å². The van der Waals surface area contributed by atoms with Gasteiger partial charge < -0.3 is 4.74 Å². The Labute approximate surface area is 183 Å². The monoisotopic (exact) mass is 432 g/mol. The molecular formula is C24H18ClFN4O. The largest absolute Gasteiger partial charge is 0.496 e. The summed E-state index contributed by atoms with van der Waals surface area (Å²) in [5.41, 5.74) is 3.50. The first-order chi connectivity index (χ1) is 15.1. The smallest absolute Gasteiger partial charge is 0.249 e. The maximum Gasteiger partial charge on any atom is 0.249 e. The number of aromatic nitrogens is 3. The first-order valence-corrected chi connectivity index (χ1v) is 10.2. The second kappa shape index (κ2) is 7.96. The molecular weight excluding hydrogens is 415 g/mol. The van der Waals surface area contributed by atoms with Gasteiger partial charge in [-0.15, -0.1) is 5.10 Å². The maximum absolute atomic E-state index is 13.5. The lowest BCUT2D eigenvalue weighted by Gasteiger charge is -2.25. The molecule has 0 bridgehead atoms. The first kappa shape index (κ1) is 19.5. The molecule has 1 aliphatic heterocycles. The lowest BCUT2D eigenvalue weighted by molar-refractivity contribution is 0.398. The van der Waals surface area contributed by atoms with Crippen LogP contribution in [0.1, 0.15) is 23.6 Å². The minimum atomic E-state index is -0.283. The number of nitrogens with zero attached hydrogens (tertiary/aromatic N) is 4. The van der Waals surface area contributed by atoms with Crippen LogP contribution in [-0.4, -0.2) is 27.6 Å². The van der Waals surface area contributed by atoms with E-state index >= 15 is 0 Å². The van der Waals surface area contributed by atoms with E-state index in [4.69, 9.17) is 26.4 Å². The standard InChI is InChI=1S/C24H18ClFN4O/c1-31-22-5-3-2-4-19(22)21-14-20(15-8-12-18(26)13-9-15)27-24-28-23(29-30(21)24)16-6-10-17(25)11-7-16/h2-13,21H,14H2,1H3. The van der Waals surface area contributed by atoms with E-state index in [9.17, 15) is 4.39 Å². The first-order valence-electron chi connectivity index (χ1n) is 9.81. The van der Waals surface area contributed by atoms with E-state index in [0.29, 0.717) is 23.2 Å². The van der Waals surface area contributed by atoms with Crippen LogP contribution in [0.5, 0.6) is 5.75 Å². The molecule has 0 aliphatic carbocycles. The zero-order valence-corrected chi connectivity index (χ0v) is 17.4. The molecule has 4 aromatic rings. The number of benzene rings is 3. The van der Waals surface area contributed by atoms with Crippen molar-refractivity contribution in [2.24, 2.45) is 4.99 Å². The second-order valence-electron chi connectivity index (χ2n) is 7.21. The van der Waals surface area contributed by atoms with Gasteiger partial charge in [0.25, 0.3) is 0 Å². The number of rotatable bonds is 4. The molecule has 0 radical (unpaired) electrons. The zero-order chi connectivity index (χ0) is 21.4. The van der Waals surface area contributed by atoms with Crippen LogP contribution in [0.15, 0.2) is 77.8 Å². The van der Waals surface area contributed by atoms with Gasteiger partial charge in [-0.3, -0.25) is 0 Å². The number of para-hydroxylation sites is 1. The summed E-state index contributed by atoms with van der Waals surface area (Å²) in [6.45, 7) is 0. The number of hydrogen-bond acceptors (Lipinski definition) is 4. The van der Waals surface area contributed by atoms with Crippen molar-refractivity contribution in [2.75, 3.05) is 7.11 Å². The Bertz CT molecular complexity index is 1270. The van der Waals surface area contributed by atoms with Crippen molar-refractivity contribution < 1.29 is 9.13 Å². The predicted molar refractivity (Wildman–Crippen MR) is 119 cm³/mol. The van der Waals surface area contributed by atoms with Crippen LogP contribution in [0.2, 0.25) is 5.02 Å². The molecule has 0 saturated heterocycles. The fourth-order valence-electron chi connectivity index (χ4n) is 3.77. The Balaban J connectivity index is 1.65. The topological polar surface area (TPSA) is 52.3 Å². The van der Waals surface area contributed by atoms with E-state index in [1.54, 1.807) is 19.2 Å². The molecule has 0 fully saturated rings. The molecule has 5 rings (SSSR count). The molecule has 0 amide bonds. The highest BCUT2D eigenvalue weighted by molar-refractivity contribution is 6.30. The normalized spacial score (nSPS) is 15.3. The van der Waals surface area contributed by atoms with Crippen LogP contribution in [0, 0.1) is 5.82 Å². The number of aliphatic imine (C=N–C) groups is 1. The van der Waals surface area contributed by atoms with Gasteiger partial charge in [0.2, 0.25) is 5.95 Å². The van der Waals surface area contributed by atoms with Gasteiger partial charge in [0.1, 0.15) is 11.6 Å². The Morgan fingerprint density at radius 1 is 0.968 bits per heavy atom. The highest BCUT2D eigenvalue weighted by atomic mass is 35.5. The summed E-state index contributed by atoms with van der Waals surface area (Å²) in [5.74, 6) is 1.54. The number of halogens is 2. The third kappa shape index (κ3) is 3.70. The van der Waals surface area contributed by atoms with Crippen molar-refractivity contribution >= 4 is 23.3 Å². The quantitative estimate of drug-likeness (QED) is 0.406. The number of ether oxygens (including phenoxy) is 1. The average molecular weight is 433 g/mol. The van der Waals surface area contributed by atoms with Gasteiger partial charge in [0, 0.05) is 22.6 Å². The molecule has 1 aromatic heterocycles. The van der Waals surface area contributed by atoms with Crippen molar-refractivity contribution in [3.63, 3.8) is 0 Å². The van der Waals surface area contributed by atoms with Gasteiger partial charge in [-0.25, -0.2) is 14.1 Å². The second-order valence-corrected chi connectivity index (χ2v) is 7.65. The molecule has 0 saturated carbocycles. The molecule has 7 heteroatoms. The summed E-state index contributed by atoms with van der Waals surface area (Å²) >= 11 is 6.03.